The third-order valence-electron chi connectivity index (χ3n) is 2.52. The Morgan fingerprint density at radius 3 is 3.00 bits per heavy atom. The van der Waals surface area contributed by atoms with Gasteiger partial charge in [0, 0.05) is 25.4 Å². The Labute approximate surface area is 78.6 Å². The number of amidine groups is 1. The molecular weight excluding hydrogens is 170 g/mol. The molecular formula is C8H15N3S. The Bertz CT molecular complexity index is 204. The maximum absolute atomic E-state index is 4.48. The van der Waals surface area contributed by atoms with Crippen molar-refractivity contribution >= 4 is 18.5 Å². The number of likely N-dealkylation sites (N-methyl/N-ethyl adjacent to an activating group) is 1. The lowest BCUT2D eigenvalue weighted by Crippen LogP contribution is -2.39. The number of hydrogen-bond acceptors (Lipinski definition) is 4. The van der Waals surface area contributed by atoms with Gasteiger partial charge in [0.05, 0.1) is 12.6 Å². The van der Waals surface area contributed by atoms with Crippen molar-refractivity contribution in [3.05, 3.63) is 0 Å². The Balaban J connectivity index is 2.00. The molecule has 4 heteroatoms. The van der Waals surface area contributed by atoms with E-state index < -0.39 is 0 Å². The van der Waals surface area contributed by atoms with E-state index in [1.807, 2.05) is 0 Å². The maximum Gasteiger partial charge on any atom is 0.116 e. The lowest BCUT2D eigenvalue weighted by Gasteiger charge is -2.19. The summed E-state index contributed by atoms with van der Waals surface area (Å²) >= 11 is 4.44. The number of thiol groups is 1. The summed E-state index contributed by atoms with van der Waals surface area (Å²) in [6.45, 7) is 3.05. The number of hydrogen-bond donors (Lipinski definition) is 2. The van der Waals surface area contributed by atoms with Gasteiger partial charge in [0.1, 0.15) is 5.84 Å². The molecule has 0 unspecified atom stereocenters. The summed E-state index contributed by atoms with van der Waals surface area (Å²) in [6.07, 6.45) is 1.12. The van der Waals surface area contributed by atoms with Crippen LogP contribution in [0.4, 0.5) is 0 Å². The van der Waals surface area contributed by atoms with Crippen molar-refractivity contribution in [2.75, 3.05) is 26.7 Å². The third-order valence-corrected chi connectivity index (χ3v) is 2.91. The fourth-order valence-corrected chi connectivity index (χ4v) is 2.16. The first-order valence-corrected chi connectivity index (χ1v) is 4.96. The molecule has 2 aliphatic rings. The maximum atomic E-state index is 4.48. The highest BCUT2D eigenvalue weighted by Gasteiger charge is 2.29. The molecule has 3 nitrogen and oxygen atoms in total. The zero-order chi connectivity index (χ0) is 8.55. The lowest BCUT2D eigenvalue weighted by molar-refractivity contribution is 0.525. The van der Waals surface area contributed by atoms with E-state index in [0.29, 0.717) is 11.3 Å². The molecule has 0 spiro atoms. The molecule has 12 heavy (non-hydrogen) atoms. The van der Waals surface area contributed by atoms with Gasteiger partial charge < -0.3 is 10.2 Å². The molecule has 0 aromatic rings. The number of aliphatic imine (C=N–C) groups is 1. The van der Waals surface area contributed by atoms with E-state index in [9.17, 15) is 0 Å². The van der Waals surface area contributed by atoms with E-state index in [0.717, 1.165) is 26.1 Å². The minimum Gasteiger partial charge on any atom is -0.360 e. The molecule has 1 fully saturated rings. The van der Waals surface area contributed by atoms with Crippen molar-refractivity contribution in [2.24, 2.45) is 4.99 Å². The normalized spacial score (nSPS) is 35.8. The second kappa shape index (κ2) is 3.26. The summed E-state index contributed by atoms with van der Waals surface area (Å²) in [6, 6.07) is 0.458. The van der Waals surface area contributed by atoms with Crippen LogP contribution in [0.25, 0.3) is 0 Å². The number of rotatable bonds is 1. The molecule has 68 valence electrons. The van der Waals surface area contributed by atoms with Crippen LogP contribution < -0.4 is 5.32 Å². The van der Waals surface area contributed by atoms with Crippen LogP contribution in [-0.4, -0.2) is 48.7 Å². The molecule has 0 aromatic carbocycles. The fourth-order valence-electron chi connectivity index (χ4n) is 1.84. The first-order chi connectivity index (χ1) is 5.77. The molecule has 1 N–H and O–H groups in total. The average Bonchev–Trinajstić information content (AvgIpc) is 2.58. The zero-order valence-electron chi connectivity index (χ0n) is 7.32. The van der Waals surface area contributed by atoms with Gasteiger partial charge in [-0.15, -0.1) is 0 Å². The Morgan fingerprint density at radius 2 is 2.50 bits per heavy atom. The monoisotopic (exact) mass is 185 g/mol. The van der Waals surface area contributed by atoms with Crippen LogP contribution in [0.15, 0.2) is 4.99 Å². The lowest BCUT2D eigenvalue weighted by atomic mass is 10.2. The summed E-state index contributed by atoms with van der Waals surface area (Å²) in [5.74, 6) is 1.23. The second-order valence-corrected chi connectivity index (χ2v) is 4.24. The van der Waals surface area contributed by atoms with E-state index in [1.54, 1.807) is 0 Å². The summed E-state index contributed by atoms with van der Waals surface area (Å²) < 4.78 is 0. The molecule has 2 heterocycles. The van der Waals surface area contributed by atoms with Gasteiger partial charge >= 0.3 is 0 Å². The predicted octanol–water partition coefficient (Wildman–Crippen LogP) is -0.00940. The smallest absolute Gasteiger partial charge is 0.116 e. The van der Waals surface area contributed by atoms with Gasteiger partial charge in [-0.2, -0.15) is 12.6 Å². The molecule has 0 radical (unpaired) electrons. The van der Waals surface area contributed by atoms with Crippen molar-refractivity contribution in [3.8, 4) is 0 Å². The molecule has 2 rings (SSSR count). The SMILES string of the molecule is CN1CCN=C1[C@@H]1C[C@H](S)CN1. The molecule has 0 bridgehead atoms. The quantitative estimate of drug-likeness (QED) is 0.562. The molecule has 0 amide bonds. The fraction of sp³-hybridized carbons (Fsp3) is 0.875. The van der Waals surface area contributed by atoms with Crippen molar-refractivity contribution in [1.29, 1.82) is 0 Å². The minimum atomic E-state index is 0.458. The van der Waals surface area contributed by atoms with Gasteiger partial charge in [0.15, 0.2) is 0 Å². The number of nitrogens with one attached hydrogen (secondary N) is 1. The van der Waals surface area contributed by atoms with Crippen LogP contribution in [-0.2, 0) is 0 Å². The van der Waals surface area contributed by atoms with Crippen molar-refractivity contribution < 1.29 is 0 Å². The highest BCUT2D eigenvalue weighted by Crippen LogP contribution is 2.16. The first-order valence-electron chi connectivity index (χ1n) is 4.44. The van der Waals surface area contributed by atoms with E-state index in [4.69, 9.17) is 0 Å². The summed E-state index contributed by atoms with van der Waals surface area (Å²) in [5.41, 5.74) is 0. The highest BCUT2D eigenvalue weighted by atomic mass is 32.1. The van der Waals surface area contributed by atoms with Crippen molar-refractivity contribution in [2.45, 2.75) is 17.7 Å². The van der Waals surface area contributed by atoms with Crippen molar-refractivity contribution in [3.63, 3.8) is 0 Å². The van der Waals surface area contributed by atoms with Gasteiger partial charge in [-0.1, -0.05) is 0 Å². The van der Waals surface area contributed by atoms with Crippen LogP contribution in [0.3, 0.4) is 0 Å². The molecule has 0 aliphatic carbocycles. The van der Waals surface area contributed by atoms with Crippen LogP contribution >= 0.6 is 12.6 Å². The Hall–Kier alpha value is -0.220. The molecule has 0 saturated carbocycles. The van der Waals surface area contributed by atoms with Crippen LogP contribution in [0.2, 0.25) is 0 Å². The van der Waals surface area contributed by atoms with Gasteiger partial charge in [-0.25, -0.2) is 0 Å². The Kier molecular flexibility index (Phi) is 2.28. The van der Waals surface area contributed by atoms with Crippen LogP contribution in [0, 0.1) is 0 Å². The van der Waals surface area contributed by atoms with Gasteiger partial charge in [0.25, 0.3) is 0 Å². The van der Waals surface area contributed by atoms with Crippen LogP contribution in [0.1, 0.15) is 6.42 Å². The summed E-state index contributed by atoms with van der Waals surface area (Å²) in [4.78, 5) is 6.72. The number of nitrogens with zero attached hydrogens (tertiary/aromatic N) is 2. The van der Waals surface area contributed by atoms with Gasteiger partial charge in [0.2, 0.25) is 0 Å². The van der Waals surface area contributed by atoms with Crippen molar-refractivity contribution in [1.82, 2.24) is 10.2 Å². The molecule has 2 atom stereocenters. The molecule has 0 aromatic heterocycles. The zero-order valence-corrected chi connectivity index (χ0v) is 8.22. The first kappa shape index (κ1) is 8.38. The molecule has 2 aliphatic heterocycles. The summed E-state index contributed by atoms with van der Waals surface area (Å²) in [7, 11) is 2.11. The molecule has 1 saturated heterocycles. The second-order valence-electron chi connectivity index (χ2n) is 3.51. The van der Waals surface area contributed by atoms with E-state index >= 15 is 0 Å². The highest BCUT2D eigenvalue weighted by molar-refractivity contribution is 7.81. The topological polar surface area (TPSA) is 27.6 Å². The summed E-state index contributed by atoms with van der Waals surface area (Å²) in [5, 5.41) is 3.94. The predicted molar refractivity (Wildman–Crippen MR) is 54.1 cm³/mol. The van der Waals surface area contributed by atoms with Crippen LogP contribution in [0.5, 0.6) is 0 Å². The Morgan fingerprint density at radius 1 is 1.67 bits per heavy atom. The van der Waals surface area contributed by atoms with E-state index in [-0.39, 0.29) is 0 Å². The van der Waals surface area contributed by atoms with Gasteiger partial charge in [-0.05, 0) is 6.42 Å². The van der Waals surface area contributed by atoms with Gasteiger partial charge in [-0.3, -0.25) is 4.99 Å². The standard InChI is InChI=1S/C8H15N3S/c1-11-3-2-9-8(11)7-4-6(12)5-10-7/h6-7,10,12H,2-5H2,1H3/t6-,7-/m0/s1. The largest absolute Gasteiger partial charge is 0.360 e. The average molecular weight is 185 g/mol. The third kappa shape index (κ3) is 1.45. The van der Waals surface area contributed by atoms with E-state index in [2.05, 4.69) is 34.9 Å². The van der Waals surface area contributed by atoms with E-state index in [1.165, 1.54) is 5.84 Å². The minimum absolute atomic E-state index is 0.458.